The topological polar surface area (TPSA) is 188 Å². The largest absolute Gasteiger partial charge is 0.394 e. The van der Waals surface area contributed by atoms with Crippen molar-refractivity contribution in [2.45, 2.75) is 172 Å². The first-order chi connectivity index (χ1) is 24.2. The number of hydrogen-bond acceptors (Lipinski definition) is 12. The molecule has 0 aromatic heterocycles. The third-order valence-corrected chi connectivity index (χ3v) is 15.1. The van der Waals surface area contributed by atoms with E-state index in [9.17, 15) is 35.7 Å². The van der Waals surface area contributed by atoms with Crippen LogP contribution in [0.25, 0.3) is 0 Å². The van der Waals surface area contributed by atoms with Crippen LogP contribution >= 0.6 is 0 Å². The summed E-state index contributed by atoms with van der Waals surface area (Å²) in [4.78, 5) is 0. The second-order valence-electron chi connectivity index (χ2n) is 18.0. The summed E-state index contributed by atoms with van der Waals surface area (Å²) in [5, 5.41) is 74.5. The third-order valence-electron chi connectivity index (χ3n) is 15.1. The monoisotopic (exact) mass is 724 g/mol. The predicted octanol–water partition coefficient (Wildman–Crippen LogP) is 2.02. The van der Waals surface area contributed by atoms with E-state index < -0.39 is 68.0 Å². The predicted molar refractivity (Wildman–Crippen MR) is 184 cm³/mol. The minimum atomic E-state index is -1.62. The summed E-state index contributed by atoms with van der Waals surface area (Å²) in [5.41, 5.74) is 1.44. The van der Waals surface area contributed by atoms with Crippen molar-refractivity contribution in [3.8, 4) is 0 Å². The van der Waals surface area contributed by atoms with Gasteiger partial charge in [0.2, 0.25) is 0 Å². The highest BCUT2D eigenvalue weighted by Gasteiger charge is 2.62. The molecule has 3 saturated heterocycles. The third kappa shape index (κ3) is 6.69. The van der Waals surface area contributed by atoms with Crippen molar-refractivity contribution in [3.05, 3.63) is 11.6 Å². The smallest absolute Gasteiger partial charge is 0.187 e. The molecular weight excluding hydrogens is 660 g/mol. The summed E-state index contributed by atoms with van der Waals surface area (Å²) in [6.45, 7) is 11.2. The zero-order valence-corrected chi connectivity index (χ0v) is 31.0. The molecule has 0 spiro atoms. The molecule has 3 aliphatic heterocycles. The second-order valence-corrected chi connectivity index (χ2v) is 18.0. The Balaban J connectivity index is 1.05. The van der Waals surface area contributed by atoms with E-state index in [1.54, 1.807) is 0 Å². The van der Waals surface area contributed by atoms with Gasteiger partial charge in [-0.3, -0.25) is 0 Å². The Hall–Kier alpha value is -0.740. The van der Waals surface area contributed by atoms with Crippen LogP contribution in [-0.2, 0) is 23.7 Å². The molecule has 0 aromatic carbocycles. The van der Waals surface area contributed by atoms with Crippen molar-refractivity contribution < 1.29 is 59.4 Å². The molecule has 0 bridgehead atoms. The standard InChI is InChI=1S/C39H64O12/c1-18-6-9-27(47-17-18)19(2)29-26(41)15-25-23-8-7-21-14-22(10-12-38(21,4)24(23)11-13-39(25,29)5)49-37-35(33(45)31(43)28(16-40)50-37)51-36-34(46)32(44)30(42)20(3)48-36/h7,18-20,22-37,40-46H,6,8-17H2,1-5H3/t18-,19-,20?,22+,23-,24+,25+,26+,27?,28?,29+,30+,31-,32+,33+,34?,35?,36+,37-,38+,39+/m1/s1. The molecule has 0 radical (unpaired) electrons. The lowest BCUT2D eigenvalue weighted by Crippen LogP contribution is -2.64. The number of allylic oxidation sites excluding steroid dienone is 1. The first-order valence-corrected chi connectivity index (χ1v) is 19.8. The van der Waals surface area contributed by atoms with Gasteiger partial charge in [0.05, 0.1) is 31.0 Å². The Morgan fingerprint density at radius 3 is 2.31 bits per heavy atom. The van der Waals surface area contributed by atoms with Crippen LogP contribution in [0.2, 0.25) is 0 Å². The Kier molecular flexibility index (Phi) is 11.1. The van der Waals surface area contributed by atoms with Crippen molar-refractivity contribution in [1.82, 2.24) is 0 Å². The van der Waals surface area contributed by atoms with E-state index in [1.165, 1.54) is 18.9 Å². The Morgan fingerprint density at radius 1 is 0.843 bits per heavy atom. The van der Waals surface area contributed by atoms with E-state index in [0.29, 0.717) is 36.0 Å². The van der Waals surface area contributed by atoms with E-state index in [4.69, 9.17) is 23.7 Å². The van der Waals surface area contributed by atoms with Crippen LogP contribution in [-0.4, -0.2) is 129 Å². The highest BCUT2D eigenvalue weighted by Crippen LogP contribution is 2.67. The molecule has 4 aliphatic carbocycles. The first-order valence-electron chi connectivity index (χ1n) is 19.8. The Bertz CT molecular complexity index is 1240. The van der Waals surface area contributed by atoms with Gasteiger partial charge in [0, 0.05) is 6.61 Å². The summed E-state index contributed by atoms with van der Waals surface area (Å²) in [7, 11) is 0. The average molecular weight is 725 g/mol. The normalized spacial score (nSPS) is 55.3. The zero-order chi connectivity index (χ0) is 36.6. The van der Waals surface area contributed by atoms with Crippen LogP contribution in [0.15, 0.2) is 11.6 Å². The molecule has 12 nitrogen and oxygen atoms in total. The summed E-state index contributed by atoms with van der Waals surface area (Å²) in [5.74, 6) is 2.64. The van der Waals surface area contributed by atoms with E-state index in [2.05, 4.69) is 33.8 Å². The molecule has 12 heteroatoms. The van der Waals surface area contributed by atoms with Gasteiger partial charge < -0.3 is 59.4 Å². The Morgan fingerprint density at radius 2 is 1.61 bits per heavy atom. The summed E-state index contributed by atoms with van der Waals surface area (Å²) in [6.07, 6.45) is -2.75. The quantitative estimate of drug-likeness (QED) is 0.190. The van der Waals surface area contributed by atoms with Gasteiger partial charge in [0.25, 0.3) is 0 Å². The van der Waals surface area contributed by atoms with Gasteiger partial charge in [-0.1, -0.05) is 39.3 Å². The van der Waals surface area contributed by atoms with Gasteiger partial charge in [-0.15, -0.1) is 0 Å². The minimum absolute atomic E-state index is 0.00120. The second kappa shape index (κ2) is 14.7. The number of fused-ring (bicyclic) bond motifs is 5. The number of ether oxygens (including phenoxy) is 5. The first kappa shape index (κ1) is 38.5. The lowest BCUT2D eigenvalue weighted by molar-refractivity contribution is -0.369. The molecule has 21 atom stereocenters. The van der Waals surface area contributed by atoms with Crippen molar-refractivity contribution in [2.24, 2.45) is 46.3 Å². The van der Waals surface area contributed by atoms with Crippen LogP contribution in [0, 0.1) is 46.3 Å². The molecule has 7 rings (SSSR count). The average Bonchev–Trinajstić information content (AvgIpc) is 3.38. The number of rotatable bonds is 7. The van der Waals surface area contributed by atoms with Crippen LogP contribution in [0.1, 0.15) is 92.4 Å². The number of aliphatic hydroxyl groups excluding tert-OH is 7. The Labute approximate surface area is 302 Å². The summed E-state index contributed by atoms with van der Waals surface area (Å²) in [6, 6.07) is 0. The van der Waals surface area contributed by atoms with Crippen molar-refractivity contribution in [1.29, 1.82) is 0 Å². The maximum absolute atomic E-state index is 11.7. The van der Waals surface area contributed by atoms with E-state index in [0.717, 1.165) is 51.6 Å². The molecule has 7 N–H and O–H groups in total. The molecule has 51 heavy (non-hydrogen) atoms. The maximum atomic E-state index is 11.7. The van der Waals surface area contributed by atoms with Crippen molar-refractivity contribution in [3.63, 3.8) is 0 Å². The molecule has 6 fully saturated rings. The van der Waals surface area contributed by atoms with Gasteiger partial charge in [0.15, 0.2) is 12.6 Å². The molecule has 7 aliphatic rings. The molecule has 292 valence electrons. The zero-order valence-electron chi connectivity index (χ0n) is 31.0. The fourth-order valence-corrected chi connectivity index (χ4v) is 12.1. The molecule has 5 unspecified atom stereocenters. The lowest BCUT2D eigenvalue weighted by Gasteiger charge is -2.58. The lowest BCUT2D eigenvalue weighted by atomic mass is 9.47. The number of aliphatic hydroxyl groups is 7. The van der Waals surface area contributed by atoms with Crippen molar-refractivity contribution in [2.75, 3.05) is 13.2 Å². The fraction of sp³-hybridized carbons (Fsp3) is 0.949. The van der Waals surface area contributed by atoms with Gasteiger partial charge in [-0.05, 0) is 111 Å². The van der Waals surface area contributed by atoms with Gasteiger partial charge in [-0.2, -0.15) is 0 Å². The SMILES string of the molecule is CC1O[C@@H](OC2[C@H](O[C@H]3CC[C@@]4(C)C(=CC[C@H]5[C@@H]6C[C@H](O)[C@H]([C@H](C)C7CC[C@@H](C)CO7)[C@@]6(C)CC[C@@H]54)C3)OC(CO)[C@@H](O)[C@@H]2O)C(O)[C@@H](O)[C@H]1O. The maximum Gasteiger partial charge on any atom is 0.187 e. The van der Waals surface area contributed by atoms with E-state index in [-0.39, 0.29) is 35.1 Å². The highest BCUT2D eigenvalue weighted by atomic mass is 16.8. The van der Waals surface area contributed by atoms with Crippen LogP contribution in [0.5, 0.6) is 0 Å². The summed E-state index contributed by atoms with van der Waals surface area (Å²) >= 11 is 0. The number of hydrogen-bond donors (Lipinski definition) is 7. The molecular formula is C39H64O12. The summed E-state index contributed by atoms with van der Waals surface area (Å²) < 4.78 is 30.4. The molecule has 3 heterocycles. The minimum Gasteiger partial charge on any atom is -0.394 e. The van der Waals surface area contributed by atoms with E-state index in [1.807, 2.05) is 0 Å². The van der Waals surface area contributed by atoms with Gasteiger partial charge >= 0.3 is 0 Å². The van der Waals surface area contributed by atoms with Crippen LogP contribution in [0.4, 0.5) is 0 Å². The van der Waals surface area contributed by atoms with Crippen molar-refractivity contribution >= 4 is 0 Å². The fourth-order valence-electron chi connectivity index (χ4n) is 12.1. The molecule has 0 amide bonds. The highest BCUT2D eigenvalue weighted by molar-refractivity contribution is 5.26. The van der Waals surface area contributed by atoms with Crippen LogP contribution < -0.4 is 0 Å². The van der Waals surface area contributed by atoms with E-state index >= 15 is 0 Å². The van der Waals surface area contributed by atoms with Gasteiger partial charge in [0.1, 0.15) is 42.7 Å². The van der Waals surface area contributed by atoms with Crippen LogP contribution in [0.3, 0.4) is 0 Å². The molecule has 3 saturated carbocycles. The van der Waals surface area contributed by atoms with Gasteiger partial charge in [-0.25, -0.2) is 0 Å². The molecule has 0 aromatic rings.